The van der Waals surface area contributed by atoms with E-state index < -0.39 is 0 Å². The summed E-state index contributed by atoms with van der Waals surface area (Å²) in [7, 11) is 1.64. The summed E-state index contributed by atoms with van der Waals surface area (Å²) in [5, 5.41) is 12.5. The highest BCUT2D eigenvalue weighted by Crippen LogP contribution is 1.91. The Morgan fingerprint density at radius 3 is 1.63 bits per heavy atom. The molecule has 1 heterocycles. The highest BCUT2D eigenvalue weighted by Gasteiger charge is 1.90. The maximum atomic E-state index is 8.39. The van der Waals surface area contributed by atoms with Gasteiger partial charge in [-0.2, -0.15) is 11.3 Å². The van der Waals surface area contributed by atoms with Gasteiger partial charge in [0.05, 0.1) is 52.9 Å². The third-order valence-corrected chi connectivity index (χ3v) is 2.47. The molecule has 0 aliphatic rings. The van der Waals surface area contributed by atoms with Crippen LogP contribution in [0.15, 0.2) is 22.9 Å². The van der Waals surface area contributed by atoms with Crippen LogP contribution in [0.3, 0.4) is 0 Å². The molecule has 0 fully saturated rings. The second-order valence-corrected chi connectivity index (χ2v) is 4.16. The van der Waals surface area contributed by atoms with Crippen LogP contribution in [0.1, 0.15) is 0 Å². The van der Waals surface area contributed by atoms with Crippen LogP contribution in [0.2, 0.25) is 0 Å². The van der Waals surface area contributed by atoms with Crippen LogP contribution >= 0.6 is 11.3 Å². The summed E-state index contributed by atoms with van der Waals surface area (Å²) in [6, 6.07) is 4.04. The Kier molecular flexibility index (Phi) is 17.0. The lowest BCUT2D eigenvalue weighted by Crippen LogP contribution is -2.12. The Morgan fingerprint density at radius 2 is 1.26 bits per heavy atom. The Hall–Kier alpha value is -0.500. The molecule has 0 atom stereocenters. The first-order valence-electron chi connectivity index (χ1n) is 6.22. The van der Waals surface area contributed by atoms with Gasteiger partial charge in [-0.15, -0.1) is 0 Å². The average Bonchev–Trinajstić information content (AvgIpc) is 3.00. The Labute approximate surface area is 119 Å². The summed E-state index contributed by atoms with van der Waals surface area (Å²) in [5.74, 6) is 0. The number of hydrogen-bond donors (Lipinski definition) is 1. The van der Waals surface area contributed by atoms with Gasteiger partial charge in [0.1, 0.15) is 0 Å². The van der Waals surface area contributed by atoms with E-state index in [0.29, 0.717) is 46.2 Å². The molecule has 112 valence electrons. The summed E-state index contributed by atoms with van der Waals surface area (Å²) in [6.45, 7) is 3.82. The molecule has 1 N–H and O–H groups in total. The smallest absolute Gasteiger partial charge is 0.0701 e. The van der Waals surface area contributed by atoms with Crippen molar-refractivity contribution in [2.24, 2.45) is 0 Å². The number of aliphatic hydroxyl groups is 1. The highest BCUT2D eigenvalue weighted by atomic mass is 32.1. The maximum absolute atomic E-state index is 8.39. The molecule has 0 saturated heterocycles. The molecule has 0 aromatic carbocycles. The monoisotopic (exact) mass is 292 g/mol. The van der Waals surface area contributed by atoms with E-state index in [0.717, 1.165) is 0 Å². The van der Waals surface area contributed by atoms with Crippen LogP contribution in [0.5, 0.6) is 0 Å². The third-order valence-electron chi connectivity index (χ3n) is 1.84. The summed E-state index contributed by atoms with van der Waals surface area (Å²) >= 11 is 1.71. The van der Waals surface area contributed by atoms with Crippen molar-refractivity contribution in [3.05, 3.63) is 22.9 Å². The normalized spacial score (nSPS) is 10.0. The molecule has 0 bridgehead atoms. The largest absolute Gasteiger partial charge is 0.394 e. The molecular formula is C13H24O5S. The summed E-state index contributed by atoms with van der Waals surface area (Å²) in [5.41, 5.74) is 0. The van der Waals surface area contributed by atoms with Crippen molar-refractivity contribution in [1.82, 2.24) is 0 Å². The van der Waals surface area contributed by atoms with Gasteiger partial charge < -0.3 is 24.1 Å². The molecule has 0 spiro atoms. The lowest BCUT2D eigenvalue weighted by molar-refractivity contribution is -0.000973. The molecule has 0 amide bonds. The number of aliphatic hydroxyl groups excluding tert-OH is 1. The number of methoxy groups -OCH3 is 1. The minimum atomic E-state index is 0.0557. The van der Waals surface area contributed by atoms with Crippen molar-refractivity contribution in [3.63, 3.8) is 0 Å². The Morgan fingerprint density at radius 1 is 0.789 bits per heavy atom. The molecule has 1 aromatic heterocycles. The summed E-state index contributed by atoms with van der Waals surface area (Å²) in [6.07, 6.45) is 0. The van der Waals surface area contributed by atoms with Crippen molar-refractivity contribution >= 4 is 11.3 Å². The summed E-state index contributed by atoms with van der Waals surface area (Å²) < 4.78 is 20.2. The molecule has 5 nitrogen and oxygen atoms in total. The van der Waals surface area contributed by atoms with Crippen LogP contribution in [0, 0.1) is 0 Å². The van der Waals surface area contributed by atoms with Gasteiger partial charge in [0.2, 0.25) is 0 Å². The second-order valence-electron chi connectivity index (χ2n) is 3.35. The molecule has 0 saturated carbocycles. The fourth-order valence-corrected chi connectivity index (χ4v) is 1.43. The summed E-state index contributed by atoms with van der Waals surface area (Å²) in [4.78, 5) is 0. The molecule has 19 heavy (non-hydrogen) atoms. The maximum Gasteiger partial charge on any atom is 0.0701 e. The second kappa shape index (κ2) is 17.5. The molecule has 6 heteroatoms. The van der Waals surface area contributed by atoms with Gasteiger partial charge in [-0.25, -0.2) is 0 Å². The van der Waals surface area contributed by atoms with E-state index in [9.17, 15) is 0 Å². The molecular weight excluding hydrogens is 268 g/mol. The predicted octanol–water partition coefficient (Wildman–Crippen LogP) is 1.42. The Bertz CT molecular complexity index is 202. The fourth-order valence-electron chi connectivity index (χ4n) is 0.976. The minimum absolute atomic E-state index is 0.0557. The number of ether oxygens (including phenoxy) is 4. The van der Waals surface area contributed by atoms with Crippen LogP contribution in [0.4, 0.5) is 0 Å². The van der Waals surface area contributed by atoms with Crippen molar-refractivity contribution in [2.45, 2.75) is 0 Å². The third kappa shape index (κ3) is 17.5. The Balaban J connectivity index is 0.000000532. The molecule has 1 aromatic rings. The van der Waals surface area contributed by atoms with Crippen LogP contribution < -0.4 is 0 Å². The SMILES string of the molecule is COCCOCCOCCOCCO.c1ccsc1. The van der Waals surface area contributed by atoms with Crippen molar-refractivity contribution < 1.29 is 24.1 Å². The van der Waals surface area contributed by atoms with Crippen LogP contribution in [-0.2, 0) is 18.9 Å². The molecule has 0 aliphatic heterocycles. The number of hydrogen-bond acceptors (Lipinski definition) is 6. The average molecular weight is 292 g/mol. The van der Waals surface area contributed by atoms with E-state index in [-0.39, 0.29) is 6.61 Å². The molecule has 0 radical (unpaired) electrons. The van der Waals surface area contributed by atoms with Crippen molar-refractivity contribution in [1.29, 1.82) is 0 Å². The van der Waals surface area contributed by atoms with Gasteiger partial charge in [0.25, 0.3) is 0 Å². The standard InChI is InChI=1S/C9H20O5.C4H4S/c1-11-4-5-13-8-9-14-7-6-12-3-2-10;1-2-4-5-3-1/h10H,2-9H2,1H3;1-4H. The zero-order valence-corrected chi connectivity index (χ0v) is 12.3. The van der Waals surface area contributed by atoms with Gasteiger partial charge in [-0.1, -0.05) is 12.1 Å². The van der Waals surface area contributed by atoms with Gasteiger partial charge >= 0.3 is 0 Å². The lowest BCUT2D eigenvalue weighted by atomic mass is 10.7. The number of thiophene rings is 1. The topological polar surface area (TPSA) is 57.2 Å². The first-order valence-corrected chi connectivity index (χ1v) is 7.16. The zero-order chi connectivity index (χ0) is 14.0. The van der Waals surface area contributed by atoms with Crippen LogP contribution in [0.25, 0.3) is 0 Å². The van der Waals surface area contributed by atoms with E-state index in [1.807, 2.05) is 22.9 Å². The first-order chi connectivity index (χ1) is 9.41. The van der Waals surface area contributed by atoms with Crippen LogP contribution in [-0.4, -0.2) is 65.1 Å². The van der Waals surface area contributed by atoms with Crippen molar-refractivity contribution in [3.8, 4) is 0 Å². The minimum Gasteiger partial charge on any atom is -0.394 e. The van der Waals surface area contributed by atoms with Gasteiger partial charge in [-0.05, 0) is 10.8 Å². The van der Waals surface area contributed by atoms with E-state index >= 15 is 0 Å². The van der Waals surface area contributed by atoms with Gasteiger partial charge in [-0.3, -0.25) is 0 Å². The predicted molar refractivity (Wildman–Crippen MR) is 75.7 cm³/mol. The molecule has 1 rings (SSSR count). The quantitative estimate of drug-likeness (QED) is 0.625. The molecule has 0 unspecified atom stereocenters. The van der Waals surface area contributed by atoms with Crippen molar-refractivity contribution in [2.75, 3.05) is 60.0 Å². The van der Waals surface area contributed by atoms with Gasteiger partial charge in [0, 0.05) is 7.11 Å². The van der Waals surface area contributed by atoms with E-state index in [4.69, 9.17) is 24.1 Å². The lowest BCUT2D eigenvalue weighted by Gasteiger charge is -2.05. The molecule has 0 aliphatic carbocycles. The highest BCUT2D eigenvalue weighted by molar-refractivity contribution is 7.07. The first kappa shape index (κ1) is 18.5. The van der Waals surface area contributed by atoms with E-state index in [1.165, 1.54) is 0 Å². The van der Waals surface area contributed by atoms with Gasteiger partial charge in [0.15, 0.2) is 0 Å². The number of rotatable bonds is 11. The van der Waals surface area contributed by atoms with E-state index in [1.54, 1.807) is 18.4 Å². The van der Waals surface area contributed by atoms with E-state index in [2.05, 4.69) is 0 Å². The fraction of sp³-hybridized carbons (Fsp3) is 0.692. The zero-order valence-electron chi connectivity index (χ0n) is 11.5.